The topological polar surface area (TPSA) is 89.3 Å². The van der Waals surface area contributed by atoms with E-state index in [4.69, 9.17) is 5.73 Å². The second-order valence-corrected chi connectivity index (χ2v) is 5.93. The van der Waals surface area contributed by atoms with Crippen LogP contribution in [0.1, 0.15) is 15.9 Å². The van der Waals surface area contributed by atoms with Crippen LogP contribution in [0, 0.1) is 0 Å². The number of carbonyl (C=O) groups is 3. The molecule has 1 aliphatic heterocycles. The molecule has 1 fully saturated rings. The smallest absolute Gasteiger partial charge is 0.290 e. The van der Waals surface area contributed by atoms with Gasteiger partial charge in [-0.05, 0) is 46.7 Å². The zero-order valence-corrected chi connectivity index (χ0v) is 12.7. The minimum Gasteiger partial charge on any atom is -0.366 e. The first-order valence-electron chi connectivity index (χ1n) is 6.78. The van der Waals surface area contributed by atoms with Crippen molar-refractivity contribution in [2.75, 3.05) is 0 Å². The quantitative estimate of drug-likeness (QED) is 0.850. The maximum Gasteiger partial charge on any atom is 0.290 e. The van der Waals surface area contributed by atoms with Gasteiger partial charge in [-0.2, -0.15) is 0 Å². The molecule has 6 heteroatoms. The van der Waals surface area contributed by atoms with Crippen LogP contribution in [-0.4, -0.2) is 17.1 Å². The summed E-state index contributed by atoms with van der Waals surface area (Å²) in [5.74, 6) is -0.847. The summed E-state index contributed by atoms with van der Waals surface area (Å²) < 4.78 is 0. The molecule has 3 amide bonds. The van der Waals surface area contributed by atoms with Crippen LogP contribution in [-0.2, 0) is 4.79 Å². The lowest BCUT2D eigenvalue weighted by molar-refractivity contribution is -0.115. The summed E-state index contributed by atoms with van der Waals surface area (Å²) in [6.45, 7) is 0. The molecule has 1 heterocycles. The minimum atomic E-state index is -0.470. The van der Waals surface area contributed by atoms with Crippen LogP contribution in [0.5, 0.6) is 0 Å². The molecule has 0 aliphatic carbocycles. The monoisotopic (exact) mass is 324 g/mol. The number of carbonyl (C=O) groups excluding carboxylic acids is 3. The van der Waals surface area contributed by atoms with Crippen LogP contribution in [0.15, 0.2) is 53.4 Å². The average Bonchev–Trinajstić information content (AvgIpc) is 2.86. The van der Waals surface area contributed by atoms with Crippen molar-refractivity contribution in [1.29, 1.82) is 0 Å². The molecular formula is C17H12N2O3S. The summed E-state index contributed by atoms with van der Waals surface area (Å²) in [5, 5.41) is 1.85. The molecule has 3 rings (SSSR count). The van der Waals surface area contributed by atoms with Gasteiger partial charge in [0.05, 0.1) is 4.91 Å². The maximum atomic E-state index is 11.5. The molecule has 2 aromatic carbocycles. The summed E-state index contributed by atoms with van der Waals surface area (Å²) in [7, 11) is 0. The lowest BCUT2D eigenvalue weighted by atomic mass is 10.0. The van der Waals surface area contributed by atoms with E-state index in [0.717, 1.165) is 28.5 Å². The first-order valence-corrected chi connectivity index (χ1v) is 7.60. The second kappa shape index (κ2) is 6.10. The Morgan fingerprint density at radius 2 is 1.78 bits per heavy atom. The fraction of sp³-hybridized carbons (Fsp3) is 0. The Hall–Kier alpha value is -2.86. The van der Waals surface area contributed by atoms with Crippen LogP contribution >= 0.6 is 11.8 Å². The highest BCUT2D eigenvalue weighted by Crippen LogP contribution is 2.27. The molecular weight excluding hydrogens is 312 g/mol. The van der Waals surface area contributed by atoms with E-state index in [2.05, 4.69) is 5.32 Å². The molecule has 2 aromatic rings. The van der Waals surface area contributed by atoms with E-state index in [1.54, 1.807) is 24.3 Å². The molecule has 1 aliphatic rings. The molecule has 0 atom stereocenters. The second-order valence-electron chi connectivity index (χ2n) is 4.92. The van der Waals surface area contributed by atoms with Crippen LogP contribution in [0.4, 0.5) is 4.79 Å². The molecule has 0 saturated carbocycles. The number of benzene rings is 2. The molecule has 3 N–H and O–H groups in total. The van der Waals surface area contributed by atoms with Gasteiger partial charge in [-0.25, -0.2) is 0 Å². The molecule has 23 heavy (non-hydrogen) atoms. The van der Waals surface area contributed by atoms with Crippen LogP contribution < -0.4 is 11.1 Å². The Bertz CT molecular complexity index is 841. The van der Waals surface area contributed by atoms with Crippen LogP contribution in [0.2, 0.25) is 0 Å². The van der Waals surface area contributed by atoms with Gasteiger partial charge in [0.25, 0.3) is 11.1 Å². The van der Waals surface area contributed by atoms with Gasteiger partial charge in [0.2, 0.25) is 5.91 Å². The Balaban J connectivity index is 1.87. The van der Waals surface area contributed by atoms with E-state index in [9.17, 15) is 14.4 Å². The highest BCUT2D eigenvalue weighted by atomic mass is 32.2. The van der Waals surface area contributed by atoms with E-state index >= 15 is 0 Å². The molecule has 1 saturated heterocycles. The number of hydrogen-bond acceptors (Lipinski definition) is 4. The number of nitrogens with one attached hydrogen (secondary N) is 1. The van der Waals surface area contributed by atoms with Crippen molar-refractivity contribution >= 4 is 34.9 Å². The summed E-state index contributed by atoms with van der Waals surface area (Å²) in [6, 6.07) is 14.5. The number of primary amides is 1. The lowest BCUT2D eigenvalue weighted by Gasteiger charge is -2.04. The Morgan fingerprint density at radius 3 is 2.39 bits per heavy atom. The molecule has 5 nitrogen and oxygen atoms in total. The van der Waals surface area contributed by atoms with Gasteiger partial charge in [0.1, 0.15) is 0 Å². The Labute approximate surface area is 136 Å². The van der Waals surface area contributed by atoms with Gasteiger partial charge in [-0.15, -0.1) is 0 Å². The van der Waals surface area contributed by atoms with E-state index < -0.39 is 5.91 Å². The van der Waals surface area contributed by atoms with Gasteiger partial charge in [0, 0.05) is 5.56 Å². The molecule has 0 bridgehead atoms. The molecule has 0 unspecified atom stereocenters. The predicted molar refractivity (Wildman–Crippen MR) is 89.5 cm³/mol. The lowest BCUT2D eigenvalue weighted by Crippen LogP contribution is -2.17. The summed E-state index contributed by atoms with van der Waals surface area (Å²) in [4.78, 5) is 34.3. The fourth-order valence-electron chi connectivity index (χ4n) is 2.20. The van der Waals surface area contributed by atoms with E-state index in [0.29, 0.717) is 10.5 Å². The van der Waals surface area contributed by atoms with E-state index in [-0.39, 0.29) is 11.1 Å². The maximum absolute atomic E-state index is 11.5. The third-order valence-corrected chi connectivity index (χ3v) is 4.14. The third-order valence-electron chi connectivity index (χ3n) is 3.33. The first-order chi connectivity index (χ1) is 11.0. The van der Waals surface area contributed by atoms with Crippen molar-refractivity contribution < 1.29 is 14.4 Å². The van der Waals surface area contributed by atoms with Crippen molar-refractivity contribution in [2.45, 2.75) is 0 Å². The van der Waals surface area contributed by atoms with Crippen molar-refractivity contribution in [2.24, 2.45) is 5.73 Å². The summed E-state index contributed by atoms with van der Waals surface area (Å²) >= 11 is 0.884. The number of thioether (sulfide) groups is 1. The zero-order valence-electron chi connectivity index (χ0n) is 11.9. The number of imide groups is 1. The van der Waals surface area contributed by atoms with Gasteiger partial charge in [-0.1, -0.05) is 36.4 Å². The highest BCUT2D eigenvalue weighted by molar-refractivity contribution is 8.18. The summed E-state index contributed by atoms with van der Waals surface area (Å²) in [5.41, 5.74) is 8.35. The third kappa shape index (κ3) is 3.32. The van der Waals surface area contributed by atoms with Crippen LogP contribution in [0.25, 0.3) is 17.2 Å². The Kier molecular flexibility index (Phi) is 3.99. The number of amides is 3. The zero-order chi connectivity index (χ0) is 16.4. The van der Waals surface area contributed by atoms with E-state index in [1.165, 1.54) is 0 Å². The SMILES string of the molecule is NC(=O)c1cccc(-c2ccc(/C=C3/SC(=O)NC3=O)cc2)c1. The summed E-state index contributed by atoms with van der Waals surface area (Å²) in [6.07, 6.45) is 1.66. The van der Waals surface area contributed by atoms with Crippen LogP contribution in [0.3, 0.4) is 0 Å². The normalized spacial score (nSPS) is 15.7. The average molecular weight is 324 g/mol. The Morgan fingerprint density at radius 1 is 1.04 bits per heavy atom. The van der Waals surface area contributed by atoms with Gasteiger partial charge in [0.15, 0.2) is 0 Å². The van der Waals surface area contributed by atoms with Crippen molar-refractivity contribution in [3.05, 3.63) is 64.6 Å². The van der Waals surface area contributed by atoms with Crippen molar-refractivity contribution in [3.8, 4) is 11.1 Å². The largest absolute Gasteiger partial charge is 0.366 e. The number of hydrogen-bond donors (Lipinski definition) is 2. The standard InChI is InChI=1S/C17H12N2O3S/c18-15(20)13-3-1-2-12(9-13)11-6-4-10(5-7-11)8-14-16(21)19-17(22)23-14/h1-9H,(H2,18,20)(H,19,21,22)/b14-8+. The minimum absolute atomic E-state index is 0.360. The number of nitrogens with two attached hydrogens (primary N) is 1. The van der Waals surface area contributed by atoms with Crippen molar-refractivity contribution in [1.82, 2.24) is 5.32 Å². The van der Waals surface area contributed by atoms with Gasteiger partial charge >= 0.3 is 0 Å². The van der Waals surface area contributed by atoms with Crippen molar-refractivity contribution in [3.63, 3.8) is 0 Å². The first kappa shape index (κ1) is 15.1. The predicted octanol–water partition coefficient (Wildman–Crippen LogP) is 2.78. The highest BCUT2D eigenvalue weighted by Gasteiger charge is 2.24. The van der Waals surface area contributed by atoms with Gasteiger partial charge < -0.3 is 5.73 Å². The van der Waals surface area contributed by atoms with E-state index in [1.807, 2.05) is 30.3 Å². The molecule has 114 valence electrons. The number of rotatable bonds is 3. The molecule has 0 spiro atoms. The fourth-order valence-corrected chi connectivity index (χ4v) is 2.88. The molecule has 0 aromatic heterocycles. The van der Waals surface area contributed by atoms with Gasteiger partial charge in [-0.3, -0.25) is 19.7 Å². The molecule has 0 radical (unpaired) electrons.